The molecule has 0 unspecified atom stereocenters. The molecular formula is C19H21ClN2O2. The van der Waals surface area contributed by atoms with Crippen molar-refractivity contribution in [3.8, 4) is 0 Å². The van der Waals surface area contributed by atoms with E-state index in [1.807, 2.05) is 31.2 Å². The minimum Gasteiger partial charge on any atom is -0.355 e. The van der Waals surface area contributed by atoms with Gasteiger partial charge in [-0.25, -0.2) is 0 Å². The van der Waals surface area contributed by atoms with Crippen molar-refractivity contribution in [2.75, 3.05) is 12.4 Å². The number of rotatable bonds is 6. The first-order valence-electron chi connectivity index (χ1n) is 7.86. The van der Waals surface area contributed by atoms with E-state index in [1.165, 1.54) is 5.56 Å². The lowest BCUT2D eigenvalue weighted by Gasteiger charge is -2.10. The predicted octanol–water partition coefficient (Wildman–Crippen LogP) is 3.97. The standard InChI is InChI=1S/C19H21ClN2O2/c1-13-12-15(19(24)21-2)8-11-17(13)22-18(23)5-3-4-14-6-9-16(20)10-7-14/h6-12H,3-5H2,1-2H3,(H,21,24)(H,22,23). The molecule has 2 aromatic carbocycles. The van der Waals surface area contributed by atoms with E-state index in [0.29, 0.717) is 17.0 Å². The highest BCUT2D eigenvalue weighted by Crippen LogP contribution is 2.17. The van der Waals surface area contributed by atoms with Gasteiger partial charge in [0.25, 0.3) is 5.91 Å². The molecule has 0 aromatic heterocycles. The SMILES string of the molecule is CNC(=O)c1ccc(NC(=O)CCCc2ccc(Cl)cc2)c(C)c1. The molecule has 0 aliphatic carbocycles. The second-order valence-electron chi connectivity index (χ2n) is 5.64. The average Bonchev–Trinajstić information content (AvgIpc) is 2.57. The Morgan fingerprint density at radius 1 is 1.08 bits per heavy atom. The molecule has 0 atom stereocenters. The van der Waals surface area contributed by atoms with Crippen LogP contribution in [0.25, 0.3) is 0 Å². The third kappa shape index (κ3) is 5.10. The summed E-state index contributed by atoms with van der Waals surface area (Å²) in [5, 5.41) is 6.19. The fraction of sp³-hybridized carbons (Fsp3) is 0.263. The fourth-order valence-electron chi connectivity index (χ4n) is 2.41. The summed E-state index contributed by atoms with van der Waals surface area (Å²) < 4.78 is 0. The minimum atomic E-state index is -0.140. The van der Waals surface area contributed by atoms with E-state index in [-0.39, 0.29) is 11.8 Å². The van der Waals surface area contributed by atoms with Crippen LogP contribution in [0.15, 0.2) is 42.5 Å². The predicted molar refractivity (Wildman–Crippen MR) is 97.6 cm³/mol. The molecule has 0 bridgehead atoms. The van der Waals surface area contributed by atoms with Crippen LogP contribution < -0.4 is 10.6 Å². The van der Waals surface area contributed by atoms with Gasteiger partial charge in [-0.1, -0.05) is 23.7 Å². The molecule has 126 valence electrons. The van der Waals surface area contributed by atoms with Gasteiger partial charge < -0.3 is 10.6 Å². The Balaban J connectivity index is 1.85. The van der Waals surface area contributed by atoms with Crippen LogP contribution >= 0.6 is 11.6 Å². The monoisotopic (exact) mass is 344 g/mol. The van der Waals surface area contributed by atoms with Gasteiger partial charge in [-0.15, -0.1) is 0 Å². The first-order chi connectivity index (χ1) is 11.5. The zero-order valence-corrected chi connectivity index (χ0v) is 14.6. The lowest BCUT2D eigenvalue weighted by Crippen LogP contribution is -2.18. The normalized spacial score (nSPS) is 10.3. The van der Waals surface area contributed by atoms with Gasteiger partial charge in [-0.05, 0) is 61.2 Å². The van der Waals surface area contributed by atoms with Gasteiger partial charge >= 0.3 is 0 Å². The second kappa shape index (κ2) is 8.50. The number of benzene rings is 2. The number of hydrogen-bond acceptors (Lipinski definition) is 2. The number of hydrogen-bond donors (Lipinski definition) is 2. The van der Waals surface area contributed by atoms with E-state index < -0.39 is 0 Å². The zero-order valence-electron chi connectivity index (χ0n) is 13.9. The third-order valence-electron chi connectivity index (χ3n) is 3.77. The van der Waals surface area contributed by atoms with Crippen LogP contribution in [0.1, 0.15) is 34.3 Å². The van der Waals surface area contributed by atoms with Crippen molar-refractivity contribution in [3.63, 3.8) is 0 Å². The van der Waals surface area contributed by atoms with Gasteiger partial charge in [-0.3, -0.25) is 9.59 Å². The number of halogens is 1. The van der Waals surface area contributed by atoms with E-state index in [2.05, 4.69) is 10.6 Å². The molecule has 2 amide bonds. The smallest absolute Gasteiger partial charge is 0.251 e. The number of carbonyl (C=O) groups excluding carboxylic acids is 2. The van der Waals surface area contributed by atoms with Crippen molar-refractivity contribution in [3.05, 3.63) is 64.2 Å². The molecule has 2 rings (SSSR count). The molecule has 0 saturated heterocycles. The van der Waals surface area contributed by atoms with Crippen molar-refractivity contribution in [2.45, 2.75) is 26.2 Å². The van der Waals surface area contributed by atoms with E-state index in [9.17, 15) is 9.59 Å². The molecule has 5 heteroatoms. The summed E-state index contributed by atoms with van der Waals surface area (Å²) in [6.45, 7) is 1.87. The molecule has 24 heavy (non-hydrogen) atoms. The minimum absolute atomic E-state index is 0.0280. The number of carbonyl (C=O) groups is 2. The summed E-state index contributed by atoms with van der Waals surface area (Å²) in [4.78, 5) is 23.7. The molecule has 0 fully saturated rings. The van der Waals surface area contributed by atoms with E-state index in [1.54, 1.807) is 25.2 Å². The van der Waals surface area contributed by atoms with Gasteiger partial charge in [0.1, 0.15) is 0 Å². The maximum absolute atomic E-state index is 12.1. The lowest BCUT2D eigenvalue weighted by atomic mass is 10.1. The van der Waals surface area contributed by atoms with Crippen LogP contribution in [-0.2, 0) is 11.2 Å². The molecule has 4 nitrogen and oxygen atoms in total. The Morgan fingerprint density at radius 2 is 1.79 bits per heavy atom. The second-order valence-corrected chi connectivity index (χ2v) is 6.07. The molecular weight excluding hydrogens is 324 g/mol. The molecule has 2 N–H and O–H groups in total. The lowest BCUT2D eigenvalue weighted by molar-refractivity contribution is -0.116. The highest BCUT2D eigenvalue weighted by molar-refractivity contribution is 6.30. The van der Waals surface area contributed by atoms with Gasteiger partial charge in [0.2, 0.25) is 5.91 Å². The Bertz CT molecular complexity index is 727. The van der Waals surface area contributed by atoms with Crippen molar-refractivity contribution in [2.24, 2.45) is 0 Å². The molecule has 0 aliphatic rings. The summed E-state index contributed by atoms with van der Waals surface area (Å²) in [5.41, 5.74) is 3.34. The third-order valence-corrected chi connectivity index (χ3v) is 4.02. The Labute approximate surface area is 147 Å². The highest BCUT2D eigenvalue weighted by Gasteiger charge is 2.08. The van der Waals surface area contributed by atoms with Crippen LogP contribution in [0.4, 0.5) is 5.69 Å². The molecule has 0 aliphatic heterocycles. The summed E-state index contributed by atoms with van der Waals surface area (Å²) in [7, 11) is 1.59. The van der Waals surface area contributed by atoms with Crippen LogP contribution in [0.5, 0.6) is 0 Å². The van der Waals surface area contributed by atoms with E-state index >= 15 is 0 Å². The van der Waals surface area contributed by atoms with Crippen LogP contribution in [-0.4, -0.2) is 18.9 Å². The maximum atomic E-state index is 12.1. The van der Waals surface area contributed by atoms with E-state index in [0.717, 1.165) is 24.1 Å². The van der Waals surface area contributed by atoms with Crippen molar-refractivity contribution >= 4 is 29.1 Å². The Kier molecular flexibility index (Phi) is 6.38. The van der Waals surface area contributed by atoms with Gasteiger partial charge in [0.15, 0.2) is 0 Å². The molecule has 2 aromatic rings. The molecule has 0 saturated carbocycles. The topological polar surface area (TPSA) is 58.2 Å². The van der Waals surface area contributed by atoms with Crippen LogP contribution in [0.3, 0.4) is 0 Å². The average molecular weight is 345 g/mol. The summed E-state index contributed by atoms with van der Waals surface area (Å²) in [6.07, 6.45) is 2.04. The Hall–Kier alpha value is -2.33. The van der Waals surface area contributed by atoms with Crippen molar-refractivity contribution < 1.29 is 9.59 Å². The largest absolute Gasteiger partial charge is 0.355 e. The first-order valence-corrected chi connectivity index (χ1v) is 8.24. The summed E-state index contributed by atoms with van der Waals surface area (Å²) >= 11 is 5.85. The Morgan fingerprint density at radius 3 is 2.42 bits per heavy atom. The maximum Gasteiger partial charge on any atom is 0.251 e. The summed E-state index contributed by atoms with van der Waals surface area (Å²) in [5.74, 6) is -0.168. The molecule has 0 spiro atoms. The number of nitrogens with one attached hydrogen (secondary N) is 2. The number of amides is 2. The van der Waals surface area contributed by atoms with Crippen molar-refractivity contribution in [1.82, 2.24) is 5.32 Å². The van der Waals surface area contributed by atoms with Gasteiger partial charge in [-0.2, -0.15) is 0 Å². The zero-order chi connectivity index (χ0) is 17.5. The quantitative estimate of drug-likeness (QED) is 0.833. The fourth-order valence-corrected chi connectivity index (χ4v) is 2.53. The van der Waals surface area contributed by atoms with Crippen LogP contribution in [0.2, 0.25) is 5.02 Å². The highest BCUT2D eigenvalue weighted by atomic mass is 35.5. The van der Waals surface area contributed by atoms with E-state index in [4.69, 9.17) is 11.6 Å². The van der Waals surface area contributed by atoms with Crippen molar-refractivity contribution in [1.29, 1.82) is 0 Å². The van der Waals surface area contributed by atoms with Gasteiger partial charge in [0.05, 0.1) is 0 Å². The first kappa shape index (κ1) is 18.0. The number of anilines is 1. The molecule has 0 radical (unpaired) electrons. The summed E-state index contributed by atoms with van der Waals surface area (Å²) in [6, 6.07) is 12.9. The number of aryl methyl sites for hydroxylation is 2. The van der Waals surface area contributed by atoms with Crippen LogP contribution in [0, 0.1) is 6.92 Å². The van der Waals surface area contributed by atoms with Gasteiger partial charge in [0, 0.05) is 29.7 Å². The molecule has 0 heterocycles.